The van der Waals surface area contributed by atoms with Crippen molar-refractivity contribution in [2.45, 2.75) is 57.5 Å². The highest BCUT2D eigenvalue weighted by Gasteiger charge is 2.54. The summed E-state index contributed by atoms with van der Waals surface area (Å²) in [6.07, 6.45) is 6.78. The number of aromatic hydroxyl groups is 1. The summed E-state index contributed by atoms with van der Waals surface area (Å²) in [5.41, 5.74) is 2.99. The summed E-state index contributed by atoms with van der Waals surface area (Å²) in [7, 11) is -4.02. The lowest BCUT2D eigenvalue weighted by Crippen LogP contribution is -2.43. The molecular weight excluding hydrogens is 399 g/mol. The topological polar surface area (TPSA) is 98.0 Å². The van der Waals surface area contributed by atoms with Gasteiger partial charge in [-0.05, 0) is 97.1 Å². The van der Waals surface area contributed by atoms with E-state index in [0.29, 0.717) is 17.6 Å². The molecule has 162 valence electrons. The molecule has 0 spiro atoms. The lowest BCUT2D eigenvalue weighted by molar-refractivity contribution is -0.0226. The second kappa shape index (κ2) is 8.12. The zero-order chi connectivity index (χ0) is 21.5. The minimum atomic E-state index is -4.02. The van der Waals surface area contributed by atoms with Crippen LogP contribution in [0, 0.1) is 17.3 Å². The Labute approximate surface area is 177 Å². The number of hydrogen-bond acceptors (Lipinski definition) is 3. The Morgan fingerprint density at radius 2 is 1.73 bits per heavy atom. The molecule has 5 rings (SSSR count). The molecule has 4 N–H and O–H groups in total. The van der Waals surface area contributed by atoms with Crippen molar-refractivity contribution < 1.29 is 24.6 Å². The van der Waals surface area contributed by atoms with E-state index in [1.165, 1.54) is 42.5 Å². The van der Waals surface area contributed by atoms with Gasteiger partial charge in [-0.15, -0.1) is 0 Å². The lowest BCUT2D eigenvalue weighted by atomic mass is 9.55. The smallest absolute Gasteiger partial charge is 0.356 e. The van der Waals surface area contributed by atoms with Crippen LogP contribution in [0.25, 0.3) is 0 Å². The summed E-state index contributed by atoms with van der Waals surface area (Å²) >= 11 is 0. The van der Waals surface area contributed by atoms with Crippen LogP contribution in [0.3, 0.4) is 0 Å². The Hall–Kier alpha value is -1.65. The molecule has 6 heteroatoms. The minimum absolute atomic E-state index is 0.0648. The fourth-order valence-corrected chi connectivity index (χ4v) is 6.72. The monoisotopic (exact) mass is 430 g/mol. The van der Waals surface area contributed by atoms with E-state index in [1.807, 2.05) is 12.1 Å². The maximum atomic E-state index is 10.5. The van der Waals surface area contributed by atoms with Crippen LogP contribution >= 0.6 is 7.60 Å². The van der Waals surface area contributed by atoms with Crippen molar-refractivity contribution in [3.05, 3.63) is 59.7 Å². The van der Waals surface area contributed by atoms with Gasteiger partial charge in [-0.25, -0.2) is 0 Å². The molecule has 5 atom stereocenters. The molecule has 0 aliphatic heterocycles. The maximum absolute atomic E-state index is 10.5. The van der Waals surface area contributed by atoms with Crippen molar-refractivity contribution >= 4 is 12.9 Å². The first-order valence-electron chi connectivity index (χ1n) is 10.8. The average Bonchev–Trinajstić information content (AvgIpc) is 3.03. The van der Waals surface area contributed by atoms with Crippen LogP contribution in [0.4, 0.5) is 0 Å². The molecule has 5 nitrogen and oxygen atoms in total. The van der Waals surface area contributed by atoms with Crippen LogP contribution in [0.5, 0.6) is 5.75 Å². The highest BCUT2D eigenvalue weighted by atomic mass is 31.2. The van der Waals surface area contributed by atoms with Gasteiger partial charge in [0.05, 0.1) is 11.4 Å². The van der Waals surface area contributed by atoms with Gasteiger partial charge >= 0.3 is 7.60 Å². The standard InChI is InChI=1S/C18H24O2.C6H7O3P/c1-18-9-8-14-13-5-3-12(19)10-11(13)2-4-15(14)16(18)6-7-17(18)20;7-10(8,9)6-4-2-1-3-5-6/h3,5,10,14-17,19-20H,2,4,6-9H2,1H3;1-5H,(H2,7,8,9)/t14-,15-,16+,17+,18+;/m1./s1. The van der Waals surface area contributed by atoms with Crippen molar-refractivity contribution in [2.24, 2.45) is 17.3 Å². The van der Waals surface area contributed by atoms with Gasteiger partial charge in [0.25, 0.3) is 0 Å². The van der Waals surface area contributed by atoms with Gasteiger partial charge in [0.1, 0.15) is 5.75 Å². The number of benzene rings is 2. The van der Waals surface area contributed by atoms with Crippen LogP contribution < -0.4 is 5.30 Å². The highest BCUT2D eigenvalue weighted by Crippen LogP contribution is 2.60. The molecule has 2 aromatic carbocycles. The van der Waals surface area contributed by atoms with Crippen molar-refractivity contribution in [3.63, 3.8) is 0 Å². The third kappa shape index (κ3) is 3.97. The summed E-state index contributed by atoms with van der Waals surface area (Å²) in [5, 5.41) is 20.1. The third-order valence-corrected chi connectivity index (χ3v) is 8.72. The first-order valence-corrected chi connectivity index (χ1v) is 12.4. The maximum Gasteiger partial charge on any atom is 0.356 e. The molecule has 30 heavy (non-hydrogen) atoms. The van der Waals surface area contributed by atoms with Gasteiger partial charge < -0.3 is 20.0 Å². The van der Waals surface area contributed by atoms with Gasteiger partial charge in [0.15, 0.2) is 0 Å². The number of phenolic OH excluding ortho intramolecular Hbond substituents is 1. The van der Waals surface area contributed by atoms with Crippen molar-refractivity contribution in [2.75, 3.05) is 0 Å². The quantitative estimate of drug-likeness (QED) is 0.511. The summed E-state index contributed by atoms with van der Waals surface area (Å²) in [5.74, 6) is 2.49. The summed E-state index contributed by atoms with van der Waals surface area (Å²) < 4.78 is 10.5. The summed E-state index contributed by atoms with van der Waals surface area (Å²) in [6, 6.07) is 13.7. The number of aryl methyl sites for hydroxylation is 1. The molecule has 3 aliphatic rings. The first kappa shape index (κ1) is 21.6. The van der Waals surface area contributed by atoms with Crippen molar-refractivity contribution in [3.8, 4) is 5.75 Å². The zero-order valence-corrected chi connectivity index (χ0v) is 18.2. The molecule has 2 saturated carbocycles. The first-order chi connectivity index (χ1) is 14.2. The number of phenols is 1. The zero-order valence-electron chi connectivity index (χ0n) is 17.3. The number of aliphatic hydroxyl groups is 1. The molecular formula is C24H31O5P. The van der Waals surface area contributed by atoms with Gasteiger partial charge in [0, 0.05) is 0 Å². The molecule has 2 fully saturated rings. The molecule has 0 radical (unpaired) electrons. The molecule has 0 saturated heterocycles. The molecule has 0 aromatic heterocycles. The van der Waals surface area contributed by atoms with E-state index in [1.54, 1.807) is 18.2 Å². The van der Waals surface area contributed by atoms with Gasteiger partial charge in [-0.2, -0.15) is 0 Å². The van der Waals surface area contributed by atoms with E-state index < -0.39 is 7.60 Å². The number of rotatable bonds is 1. The Kier molecular flexibility index (Phi) is 5.84. The molecule has 3 aliphatic carbocycles. The van der Waals surface area contributed by atoms with E-state index >= 15 is 0 Å². The summed E-state index contributed by atoms with van der Waals surface area (Å²) in [4.78, 5) is 17.2. The lowest BCUT2D eigenvalue weighted by Gasteiger charge is -2.50. The van der Waals surface area contributed by atoms with E-state index in [9.17, 15) is 14.8 Å². The van der Waals surface area contributed by atoms with Crippen molar-refractivity contribution in [1.82, 2.24) is 0 Å². The largest absolute Gasteiger partial charge is 0.508 e. The molecule has 0 unspecified atom stereocenters. The Morgan fingerprint density at radius 3 is 2.40 bits per heavy atom. The van der Waals surface area contributed by atoms with Crippen LogP contribution in [-0.2, 0) is 11.0 Å². The van der Waals surface area contributed by atoms with Crippen LogP contribution in [0.1, 0.15) is 56.1 Å². The van der Waals surface area contributed by atoms with E-state index in [0.717, 1.165) is 25.2 Å². The average molecular weight is 430 g/mol. The van der Waals surface area contributed by atoms with E-state index in [2.05, 4.69) is 13.0 Å². The fourth-order valence-electron chi connectivity index (χ4n) is 6.16. The van der Waals surface area contributed by atoms with Gasteiger partial charge in [-0.3, -0.25) is 4.57 Å². The number of hydrogen-bond donors (Lipinski definition) is 4. The Morgan fingerprint density at radius 1 is 1.00 bits per heavy atom. The second-order valence-corrected chi connectivity index (χ2v) is 10.9. The number of fused-ring (bicyclic) bond motifs is 5. The second-order valence-electron chi connectivity index (χ2n) is 9.32. The van der Waals surface area contributed by atoms with E-state index in [4.69, 9.17) is 9.79 Å². The highest BCUT2D eigenvalue weighted by molar-refractivity contribution is 7.60. The van der Waals surface area contributed by atoms with E-state index in [-0.39, 0.29) is 16.8 Å². The Balaban J connectivity index is 0.000000185. The van der Waals surface area contributed by atoms with Crippen LogP contribution in [-0.4, -0.2) is 26.1 Å². The van der Waals surface area contributed by atoms with Gasteiger partial charge in [-0.1, -0.05) is 31.2 Å². The Bertz CT molecular complexity index is 940. The van der Waals surface area contributed by atoms with Gasteiger partial charge in [0.2, 0.25) is 0 Å². The van der Waals surface area contributed by atoms with Crippen LogP contribution in [0.2, 0.25) is 0 Å². The third-order valence-electron chi connectivity index (χ3n) is 7.75. The normalized spacial score (nSPS) is 32.3. The van der Waals surface area contributed by atoms with Crippen LogP contribution in [0.15, 0.2) is 48.5 Å². The predicted molar refractivity (Wildman–Crippen MR) is 117 cm³/mol. The SMILES string of the molecule is C[C@]12CC[C@@H]3c4ccc(O)cc4CC[C@H]3[C@@H]1CC[C@@H]2O.O=P(O)(O)c1ccccc1. The minimum Gasteiger partial charge on any atom is -0.508 e. The molecule has 0 heterocycles. The molecule has 2 aromatic rings. The molecule has 0 amide bonds. The number of aliphatic hydroxyl groups excluding tert-OH is 1. The fraction of sp³-hybridized carbons (Fsp3) is 0.500. The predicted octanol–water partition coefficient (Wildman–Crippen LogP) is 4.10. The molecule has 0 bridgehead atoms. The summed E-state index contributed by atoms with van der Waals surface area (Å²) in [6.45, 7) is 2.32. The van der Waals surface area contributed by atoms with Crippen molar-refractivity contribution in [1.29, 1.82) is 0 Å².